The summed E-state index contributed by atoms with van der Waals surface area (Å²) in [4.78, 5) is 17.9. The predicted octanol–water partition coefficient (Wildman–Crippen LogP) is 2.98. The largest absolute Gasteiger partial charge is 0.450 e. The number of alkyl carbamates (subject to hydrolysis) is 1. The van der Waals surface area contributed by atoms with E-state index in [1.54, 1.807) is 6.92 Å². The number of carbonyl (C=O) groups excluding carboxylic acids is 1. The topological polar surface area (TPSA) is 53.9 Å². The van der Waals surface area contributed by atoms with E-state index in [4.69, 9.17) is 4.74 Å². The highest BCUT2D eigenvalue weighted by molar-refractivity contribution is 14.1. The number of likely N-dealkylation sites (N-methyl/N-ethyl adjacent to an activating group) is 1. The number of benzene rings is 1. The van der Waals surface area contributed by atoms with Gasteiger partial charge in [0.1, 0.15) is 0 Å². The van der Waals surface area contributed by atoms with E-state index in [1.165, 1.54) is 12.7 Å². The molecule has 1 aromatic carbocycles. The van der Waals surface area contributed by atoms with Gasteiger partial charge in [-0.25, -0.2) is 4.79 Å². The van der Waals surface area contributed by atoms with E-state index in [-0.39, 0.29) is 6.04 Å². The van der Waals surface area contributed by atoms with Crippen molar-refractivity contribution in [3.8, 4) is 0 Å². The molecule has 1 unspecified atom stereocenters. The van der Waals surface area contributed by atoms with Crippen LogP contribution in [0.4, 0.5) is 4.79 Å². The molecule has 1 N–H and O–H groups in total. The molecule has 0 aromatic heterocycles. The number of amides is 1. The van der Waals surface area contributed by atoms with E-state index in [1.807, 2.05) is 18.0 Å². The van der Waals surface area contributed by atoms with Gasteiger partial charge in [-0.05, 0) is 64.2 Å². The van der Waals surface area contributed by atoms with E-state index < -0.39 is 6.09 Å². The minimum absolute atomic E-state index is 0.145. The molecule has 1 aliphatic rings. The third-order valence-electron chi connectivity index (χ3n) is 3.04. The number of nitrogens with zero attached hydrogens (tertiary/aromatic N) is 2. The summed E-state index contributed by atoms with van der Waals surface area (Å²) >= 11 is 4.67. The van der Waals surface area contributed by atoms with Gasteiger partial charge in [-0.15, -0.1) is 0 Å². The van der Waals surface area contributed by atoms with E-state index in [0.29, 0.717) is 19.1 Å². The first-order valence-electron chi connectivity index (χ1n) is 6.19. The standard InChI is InChI=1S/C13H15I2N3O2/c1-3-20-13(19)17-12-16-7-10(18(12)2)11-8(14)5-4-6-9(11)15/h4-6,10H,3,7H2,1-2H3,(H,16,17,19). The van der Waals surface area contributed by atoms with Gasteiger partial charge in [0.05, 0.1) is 19.2 Å². The lowest BCUT2D eigenvalue weighted by Crippen LogP contribution is -2.41. The van der Waals surface area contributed by atoms with Crippen molar-refractivity contribution in [2.45, 2.75) is 13.0 Å². The SMILES string of the molecule is CCOC(=O)NC1=NCC(c2c(I)cccc2I)N1C. The third-order valence-corrected chi connectivity index (χ3v) is 4.92. The van der Waals surface area contributed by atoms with Gasteiger partial charge in [0.2, 0.25) is 5.96 Å². The van der Waals surface area contributed by atoms with Gasteiger partial charge in [0.15, 0.2) is 0 Å². The van der Waals surface area contributed by atoms with Crippen LogP contribution >= 0.6 is 45.2 Å². The number of aliphatic imine (C=N–C) groups is 1. The van der Waals surface area contributed by atoms with Crippen LogP contribution in [0.15, 0.2) is 23.2 Å². The molecule has 5 nitrogen and oxygen atoms in total. The zero-order chi connectivity index (χ0) is 14.7. The van der Waals surface area contributed by atoms with E-state index in [0.717, 1.165) is 0 Å². The molecule has 0 radical (unpaired) electrons. The summed E-state index contributed by atoms with van der Waals surface area (Å²) in [5, 5.41) is 2.68. The maximum Gasteiger partial charge on any atom is 0.413 e. The molecule has 0 bridgehead atoms. The molecule has 1 heterocycles. The van der Waals surface area contributed by atoms with Crippen LogP contribution in [0.1, 0.15) is 18.5 Å². The van der Waals surface area contributed by atoms with Crippen LogP contribution in [-0.4, -0.2) is 37.2 Å². The fraction of sp³-hybridized carbons (Fsp3) is 0.385. The van der Waals surface area contributed by atoms with Crippen LogP contribution in [0.3, 0.4) is 0 Å². The quantitative estimate of drug-likeness (QED) is 0.638. The Kier molecular flexibility index (Phi) is 5.47. The first kappa shape index (κ1) is 15.8. The predicted molar refractivity (Wildman–Crippen MR) is 94.8 cm³/mol. The van der Waals surface area contributed by atoms with Crippen LogP contribution < -0.4 is 5.32 Å². The number of halogens is 2. The molecule has 0 spiro atoms. The van der Waals surface area contributed by atoms with Gasteiger partial charge in [0.25, 0.3) is 0 Å². The molecular weight excluding hydrogens is 484 g/mol. The highest BCUT2D eigenvalue weighted by Crippen LogP contribution is 2.31. The van der Waals surface area contributed by atoms with Gasteiger partial charge in [-0.1, -0.05) is 6.07 Å². The van der Waals surface area contributed by atoms with Crippen LogP contribution in [0.25, 0.3) is 0 Å². The molecule has 0 saturated heterocycles. The average molecular weight is 499 g/mol. The van der Waals surface area contributed by atoms with Gasteiger partial charge in [-0.2, -0.15) is 0 Å². The Labute approximate surface area is 145 Å². The number of guanidine groups is 1. The van der Waals surface area contributed by atoms with Crippen LogP contribution in [0, 0.1) is 7.14 Å². The van der Waals surface area contributed by atoms with Crippen LogP contribution in [0.2, 0.25) is 0 Å². The van der Waals surface area contributed by atoms with Gasteiger partial charge in [0, 0.05) is 19.8 Å². The monoisotopic (exact) mass is 499 g/mol. The maximum absolute atomic E-state index is 11.5. The van der Waals surface area contributed by atoms with E-state index in [2.05, 4.69) is 67.6 Å². The molecule has 0 aliphatic carbocycles. The van der Waals surface area contributed by atoms with E-state index in [9.17, 15) is 4.79 Å². The molecule has 20 heavy (non-hydrogen) atoms. The minimum Gasteiger partial charge on any atom is -0.450 e. The Balaban J connectivity index is 2.14. The Morgan fingerprint density at radius 3 is 2.75 bits per heavy atom. The number of ether oxygens (including phenoxy) is 1. The molecule has 1 aromatic rings. The third kappa shape index (κ3) is 3.35. The first-order chi connectivity index (χ1) is 9.54. The zero-order valence-electron chi connectivity index (χ0n) is 11.2. The Hall–Kier alpha value is -0.580. The van der Waals surface area contributed by atoms with Crippen molar-refractivity contribution in [2.75, 3.05) is 20.2 Å². The van der Waals surface area contributed by atoms with Crippen molar-refractivity contribution in [3.05, 3.63) is 30.9 Å². The van der Waals surface area contributed by atoms with Gasteiger partial charge < -0.3 is 9.64 Å². The summed E-state index contributed by atoms with van der Waals surface area (Å²) in [7, 11) is 1.93. The molecule has 2 rings (SSSR count). The minimum atomic E-state index is -0.462. The fourth-order valence-electron chi connectivity index (χ4n) is 2.05. The van der Waals surface area contributed by atoms with Crippen molar-refractivity contribution in [1.29, 1.82) is 0 Å². The molecule has 0 saturated carbocycles. The summed E-state index contributed by atoms with van der Waals surface area (Å²) < 4.78 is 7.29. The van der Waals surface area contributed by atoms with Crippen LogP contribution in [-0.2, 0) is 4.74 Å². The summed E-state index contributed by atoms with van der Waals surface area (Å²) in [5.74, 6) is 0.559. The van der Waals surface area contributed by atoms with Crippen molar-refractivity contribution in [1.82, 2.24) is 10.2 Å². The fourth-order valence-corrected chi connectivity index (χ4v) is 4.29. The number of carbonyl (C=O) groups is 1. The highest BCUT2D eigenvalue weighted by atomic mass is 127. The zero-order valence-corrected chi connectivity index (χ0v) is 15.5. The summed E-state index contributed by atoms with van der Waals surface area (Å²) in [6, 6.07) is 6.36. The summed E-state index contributed by atoms with van der Waals surface area (Å²) in [6.45, 7) is 2.76. The summed E-state index contributed by atoms with van der Waals surface area (Å²) in [6.07, 6.45) is -0.462. The lowest BCUT2D eigenvalue weighted by molar-refractivity contribution is 0.156. The molecule has 7 heteroatoms. The van der Waals surface area contributed by atoms with E-state index >= 15 is 0 Å². The normalized spacial score (nSPS) is 17.9. The second-order valence-corrected chi connectivity index (χ2v) is 6.60. The Morgan fingerprint density at radius 1 is 1.50 bits per heavy atom. The molecule has 108 valence electrons. The second-order valence-electron chi connectivity index (χ2n) is 4.27. The highest BCUT2D eigenvalue weighted by Gasteiger charge is 2.29. The lowest BCUT2D eigenvalue weighted by Gasteiger charge is -2.25. The number of hydrogen-bond acceptors (Lipinski definition) is 4. The maximum atomic E-state index is 11.5. The smallest absolute Gasteiger partial charge is 0.413 e. The Bertz CT molecular complexity index is 528. The lowest BCUT2D eigenvalue weighted by atomic mass is 10.1. The van der Waals surface area contributed by atoms with Crippen LogP contribution in [0.5, 0.6) is 0 Å². The average Bonchev–Trinajstić information content (AvgIpc) is 2.72. The van der Waals surface area contributed by atoms with Crippen molar-refractivity contribution in [3.63, 3.8) is 0 Å². The number of rotatable bonds is 2. The first-order valence-corrected chi connectivity index (χ1v) is 8.35. The van der Waals surface area contributed by atoms with Crippen molar-refractivity contribution >= 4 is 57.2 Å². The molecule has 1 amide bonds. The van der Waals surface area contributed by atoms with Gasteiger partial charge in [-0.3, -0.25) is 10.3 Å². The van der Waals surface area contributed by atoms with Crippen molar-refractivity contribution in [2.24, 2.45) is 4.99 Å². The number of hydrogen-bond donors (Lipinski definition) is 1. The Morgan fingerprint density at radius 2 is 2.15 bits per heavy atom. The number of nitrogens with one attached hydrogen (secondary N) is 1. The molecule has 1 atom stereocenters. The van der Waals surface area contributed by atoms with Crippen molar-refractivity contribution < 1.29 is 9.53 Å². The molecule has 1 aliphatic heterocycles. The second kappa shape index (κ2) is 6.92. The molecule has 0 fully saturated rings. The van der Waals surface area contributed by atoms with Gasteiger partial charge >= 0.3 is 6.09 Å². The molecular formula is C13H15I2N3O2. The summed E-state index contributed by atoms with van der Waals surface area (Å²) in [5.41, 5.74) is 1.25.